The van der Waals surface area contributed by atoms with Gasteiger partial charge in [0.2, 0.25) is 0 Å². The molecule has 0 aromatic carbocycles. The van der Waals surface area contributed by atoms with Crippen molar-refractivity contribution in [1.82, 2.24) is 0 Å². The van der Waals surface area contributed by atoms with Gasteiger partial charge in [0.15, 0.2) is 0 Å². The summed E-state index contributed by atoms with van der Waals surface area (Å²) in [5, 5.41) is 0. The molecule has 0 nitrogen and oxygen atoms in total. The van der Waals surface area contributed by atoms with Crippen LogP contribution in [0.5, 0.6) is 0 Å². The number of rotatable bonds is 0. The Hall–Kier alpha value is 0.454. The molecule has 0 aliphatic carbocycles. The van der Waals surface area contributed by atoms with E-state index in [0.29, 0.717) is 0 Å². The maximum absolute atomic E-state index is 2.22. The van der Waals surface area contributed by atoms with Gasteiger partial charge in [-0.05, 0) is 0 Å². The van der Waals surface area contributed by atoms with Gasteiger partial charge in [0.05, 0.1) is 0 Å². The zero-order valence-electron chi connectivity index (χ0n) is 5.50. The van der Waals surface area contributed by atoms with Crippen molar-refractivity contribution in [3.8, 4) is 0 Å². The van der Waals surface area contributed by atoms with Gasteiger partial charge in [-0.15, -0.1) is 0 Å². The normalized spacial score (nSPS) is 7.43. The molecule has 0 atom stereocenters. The zero-order chi connectivity index (χ0) is 5.86. The molecule has 40 valence electrons. The first-order chi connectivity index (χ1) is 3.13. The summed E-state index contributed by atoms with van der Waals surface area (Å²) in [5.41, 5.74) is 0. The van der Waals surface area contributed by atoms with Gasteiger partial charge in [0.1, 0.15) is 0 Å². The van der Waals surface area contributed by atoms with Gasteiger partial charge in [-0.2, -0.15) is 0 Å². The van der Waals surface area contributed by atoms with E-state index >= 15 is 0 Å². The Bertz CT molecular complexity index is 96.1. The summed E-state index contributed by atoms with van der Waals surface area (Å²) in [6.45, 7) is 8.86. The van der Waals surface area contributed by atoms with E-state index in [1.54, 1.807) is 7.62 Å². The molecule has 0 fully saturated rings. The van der Waals surface area contributed by atoms with Crippen molar-refractivity contribution in [2.75, 3.05) is 0 Å². The Kier molecular flexibility index (Phi) is 3.68. The molecular formula is C6H12Ti. The Morgan fingerprint density at radius 1 is 0.857 bits per heavy atom. The molecule has 0 saturated carbocycles. The maximum atomic E-state index is 2.22. The molecule has 1 heteroatoms. The van der Waals surface area contributed by atoms with Gasteiger partial charge in [0, 0.05) is 0 Å². The Balaban J connectivity index is 4.13. The van der Waals surface area contributed by atoms with E-state index in [4.69, 9.17) is 0 Å². The van der Waals surface area contributed by atoms with E-state index < -0.39 is 0 Å². The minimum absolute atomic E-state index is 0.222. The fraction of sp³-hybridized carbons (Fsp3) is 0.667. The van der Waals surface area contributed by atoms with Crippen LogP contribution in [0.2, 0.25) is 0 Å². The minimum atomic E-state index is 0.222. The molecule has 0 aromatic rings. The molecule has 0 aromatic heterocycles. The summed E-state index contributed by atoms with van der Waals surface area (Å²) in [5.74, 6) is 0. The third-order valence-electron chi connectivity index (χ3n) is 0.500. The quantitative estimate of drug-likeness (QED) is 0.438. The van der Waals surface area contributed by atoms with Crippen LogP contribution in [0, 0.1) is 0 Å². The first-order valence-electron chi connectivity index (χ1n) is 2.50. The van der Waals surface area contributed by atoms with E-state index in [0.717, 1.165) is 0 Å². The van der Waals surface area contributed by atoms with Crippen molar-refractivity contribution in [1.29, 1.82) is 0 Å². The van der Waals surface area contributed by atoms with E-state index in [2.05, 4.69) is 27.7 Å². The van der Waals surface area contributed by atoms with Crippen molar-refractivity contribution >= 4 is 7.62 Å². The van der Waals surface area contributed by atoms with Crippen LogP contribution in [-0.4, -0.2) is 7.62 Å². The van der Waals surface area contributed by atoms with Crippen LogP contribution in [0.4, 0.5) is 0 Å². The van der Waals surface area contributed by atoms with Crippen molar-refractivity contribution < 1.29 is 18.2 Å². The summed E-state index contributed by atoms with van der Waals surface area (Å²) in [7, 11) is 0. The predicted octanol–water partition coefficient (Wildman–Crippen LogP) is 1.49. The summed E-state index contributed by atoms with van der Waals surface area (Å²) in [6, 6.07) is 0. The number of hydrogen-bond acceptors (Lipinski definition) is 0. The van der Waals surface area contributed by atoms with Crippen LogP contribution in [0.25, 0.3) is 0 Å². The van der Waals surface area contributed by atoms with Crippen molar-refractivity contribution in [2.24, 2.45) is 0 Å². The van der Waals surface area contributed by atoms with E-state index in [1.165, 1.54) is 0 Å². The van der Waals surface area contributed by atoms with E-state index in [-0.39, 0.29) is 18.2 Å². The fourth-order valence-corrected chi connectivity index (χ4v) is 2.06. The fourth-order valence-electron chi connectivity index (χ4n) is 0.500. The molecule has 0 heterocycles. The number of hydrogen-bond donors (Lipinski definition) is 0. The summed E-state index contributed by atoms with van der Waals surface area (Å²) < 4.78 is 3.25. The van der Waals surface area contributed by atoms with Crippen LogP contribution >= 0.6 is 0 Å². The first kappa shape index (κ1) is 7.45. The third kappa shape index (κ3) is 6.45. The Labute approximate surface area is 53.9 Å². The molecule has 0 amide bonds. The van der Waals surface area contributed by atoms with E-state index in [9.17, 15) is 0 Å². The summed E-state index contributed by atoms with van der Waals surface area (Å²) in [6.07, 6.45) is 0. The van der Waals surface area contributed by atoms with Gasteiger partial charge in [-0.25, -0.2) is 0 Å². The van der Waals surface area contributed by atoms with Gasteiger partial charge in [-0.3, -0.25) is 0 Å². The van der Waals surface area contributed by atoms with Crippen LogP contribution in [-0.2, 0) is 18.2 Å². The zero-order valence-corrected chi connectivity index (χ0v) is 7.06. The van der Waals surface area contributed by atoms with Crippen LogP contribution in [0.1, 0.15) is 27.7 Å². The summed E-state index contributed by atoms with van der Waals surface area (Å²) in [4.78, 5) is 0. The molecule has 0 aliphatic rings. The molecule has 0 radical (unpaired) electrons. The second-order valence-corrected chi connectivity index (χ2v) is 5.64. The molecule has 0 unspecified atom stereocenters. The van der Waals surface area contributed by atoms with Crippen molar-refractivity contribution in [3.05, 3.63) is 0 Å². The molecule has 0 bridgehead atoms. The third-order valence-corrected chi connectivity index (χ3v) is 2.06. The van der Waals surface area contributed by atoms with E-state index in [1.807, 2.05) is 0 Å². The molecule has 0 aliphatic heterocycles. The summed E-state index contributed by atoms with van der Waals surface area (Å²) >= 11 is 0.222. The predicted molar refractivity (Wildman–Crippen MR) is 32.7 cm³/mol. The van der Waals surface area contributed by atoms with Crippen molar-refractivity contribution in [3.63, 3.8) is 0 Å². The second-order valence-electron chi connectivity index (χ2n) is 2.12. The van der Waals surface area contributed by atoms with Crippen LogP contribution in [0.15, 0.2) is 0 Å². The molecule has 0 N–H and O–H groups in total. The van der Waals surface area contributed by atoms with Crippen LogP contribution < -0.4 is 0 Å². The first-order valence-corrected chi connectivity index (χ1v) is 4.06. The topological polar surface area (TPSA) is 0 Å². The van der Waals surface area contributed by atoms with Crippen molar-refractivity contribution in [2.45, 2.75) is 27.7 Å². The molecular weight excluding hydrogens is 120 g/mol. The monoisotopic (exact) mass is 132 g/mol. The Morgan fingerprint density at radius 2 is 1.14 bits per heavy atom. The van der Waals surface area contributed by atoms with Gasteiger partial charge in [-0.1, -0.05) is 0 Å². The van der Waals surface area contributed by atoms with Crippen LogP contribution in [0.3, 0.4) is 0 Å². The second kappa shape index (κ2) is 3.46. The average molecular weight is 132 g/mol. The SMILES string of the molecule is C[C](C)=[Ti]=[C](C)C. The van der Waals surface area contributed by atoms with Gasteiger partial charge >= 0.3 is 53.5 Å². The molecule has 7 heavy (non-hydrogen) atoms. The Morgan fingerprint density at radius 3 is 1.14 bits per heavy atom. The molecule has 0 rings (SSSR count). The standard InChI is InChI=1S/2C3H6.Ti/c2*1-3-2;/h2*1-2H3;. The van der Waals surface area contributed by atoms with Gasteiger partial charge in [0.25, 0.3) is 0 Å². The molecule has 0 saturated heterocycles. The van der Waals surface area contributed by atoms with Gasteiger partial charge < -0.3 is 0 Å². The molecule has 0 spiro atoms. The average Bonchev–Trinajstić information content (AvgIpc) is 1.27.